The summed E-state index contributed by atoms with van der Waals surface area (Å²) in [6.07, 6.45) is 2.17. The van der Waals surface area contributed by atoms with E-state index >= 15 is 0 Å². The molecule has 7 heteroatoms. The van der Waals surface area contributed by atoms with Crippen LogP contribution in [-0.2, 0) is 0 Å². The van der Waals surface area contributed by atoms with E-state index in [1.807, 2.05) is 17.0 Å². The lowest BCUT2D eigenvalue weighted by atomic mass is 10.3. The van der Waals surface area contributed by atoms with E-state index in [-0.39, 0.29) is 6.61 Å². The summed E-state index contributed by atoms with van der Waals surface area (Å²) in [7, 11) is 0. The number of anilines is 1. The van der Waals surface area contributed by atoms with Gasteiger partial charge in [-0.3, -0.25) is 0 Å². The summed E-state index contributed by atoms with van der Waals surface area (Å²) in [5.41, 5.74) is 0.619. The Bertz CT molecular complexity index is 471. The van der Waals surface area contributed by atoms with Crippen LogP contribution in [0.25, 0.3) is 5.65 Å². The van der Waals surface area contributed by atoms with Crippen molar-refractivity contribution in [2.24, 2.45) is 0 Å². The Balaban J connectivity index is 2.20. The molecule has 7 nitrogen and oxygen atoms in total. The Morgan fingerprint density at radius 1 is 1.35 bits per heavy atom. The van der Waals surface area contributed by atoms with E-state index in [0.717, 1.165) is 25.2 Å². The van der Waals surface area contributed by atoms with Crippen LogP contribution in [0.1, 0.15) is 19.8 Å². The van der Waals surface area contributed by atoms with Crippen LogP contribution in [0, 0.1) is 0 Å². The zero-order chi connectivity index (χ0) is 12.1. The second-order valence-corrected chi connectivity index (χ2v) is 3.78. The van der Waals surface area contributed by atoms with Crippen molar-refractivity contribution in [2.45, 2.75) is 19.8 Å². The summed E-state index contributed by atoms with van der Waals surface area (Å²) in [6, 6.07) is 3.69. The van der Waals surface area contributed by atoms with Crippen LogP contribution < -0.4 is 4.90 Å². The zero-order valence-corrected chi connectivity index (χ0v) is 9.82. The number of aliphatic hydroxyl groups excluding tert-OH is 1. The molecule has 2 heterocycles. The predicted octanol–water partition coefficient (Wildman–Crippen LogP) is 0.118. The second-order valence-electron chi connectivity index (χ2n) is 3.78. The average molecular weight is 236 g/mol. The highest BCUT2D eigenvalue weighted by Crippen LogP contribution is 2.11. The highest BCUT2D eigenvalue weighted by atomic mass is 16.3. The van der Waals surface area contributed by atoms with Crippen LogP contribution >= 0.6 is 0 Å². The fraction of sp³-hybridized carbons (Fsp3) is 0.600. The summed E-state index contributed by atoms with van der Waals surface area (Å²) in [5, 5.41) is 24.5. The van der Waals surface area contributed by atoms with E-state index < -0.39 is 0 Å². The standard InChI is InChI=1S/C10H16N6O/c1-2-3-6-15(7-8-17)10-5-4-9-11-13-14-16(9)12-10/h4-5,17H,2-3,6-8H2,1H3. The highest BCUT2D eigenvalue weighted by Gasteiger charge is 2.08. The molecule has 2 aromatic rings. The van der Waals surface area contributed by atoms with Crippen molar-refractivity contribution < 1.29 is 5.11 Å². The summed E-state index contributed by atoms with van der Waals surface area (Å²) in [4.78, 5) is 2.03. The lowest BCUT2D eigenvalue weighted by Crippen LogP contribution is -2.29. The fourth-order valence-electron chi connectivity index (χ4n) is 1.62. The monoisotopic (exact) mass is 236 g/mol. The number of hydrogen-bond donors (Lipinski definition) is 1. The number of nitrogens with zero attached hydrogens (tertiary/aromatic N) is 6. The third-order valence-corrected chi connectivity index (χ3v) is 2.53. The fourth-order valence-corrected chi connectivity index (χ4v) is 1.62. The molecule has 0 amide bonds. The molecule has 0 aromatic carbocycles. The Labute approximate surface area is 99.0 Å². The van der Waals surface area contributed by atoms with Crippen LogP contribution in [0.3, 0.4) is 0 Å². The summed E-state index contributed by atoms with van der Waals surface area (Å²) in [6.45, 7) is 3.69. The van der Waals surface area contributed by atoms with Gasteiger partial charge in [-0.2, -0.15) is 0 Å². The first-order chi connectivity index (χ1) is 8.35. The quantitative estimate of drug-likeness (QED) is 0.767. The first kappa shape index (κ1) is 11.7. The van der Waals surface area contributed by atoms with Crippen molar-refractivity contribution in [1.82, 2.24) is 25.3 Å². The van der Waals surface area contributed by atoms with Crippen molar-refractivity contribution in [3.05, 3.63) is 12.1 Å². The Hall–Kier alpha value is -1.76. The van der Waals surface area contributed by atoms with Crippen LogP contribution in [0.15, 0.2) is 12.1 Å². The molecule has 0 atom stereocenters. The number of aliphatic hydroxyl groups is 1. The van der Waals surface area contributed by atoms with E-state index in [4.69, 9.17) is 5.11 Å². The van der Waals surface area contributed by atoms with Gasteiger partial charge in [-0.15, -0.1) is 14.8 Å². The van der Waals surface area contributed by atoms with Gasteiger partial charge in [-0.1, -0.05) is 13.3 Å². The van der Waals surface area contributed by atoms with Gasteiger partial charge in [0, 0.05) is 13.1 Å². The molecule has 0 aliphatic heterocycles. The van der Waals surface area contributed by atoms with Gasteiger partial charge in [-0.25, -0.2) is 0 Å². The van der Waals surface area contributed by atoms with Gasteiger partial charge < -0.3 is 10.0 Å². The van der Waals surface area contributed by atoms with Gasteiger partial charge in [0.25, 0.3) is 0 Å². The SMILES string of the molecule is CCCCN(CCO)c1ccc2nnnn2n1. The molecule has 1 N–H and O–H groups in total. The molecular weight excluding hydrogens is 220 g/mol. The Morgan fingerprint density at radius 2 is 2.24 bits per heavy atom. The van der Waals surface area contributed by atoms with Crippen molar-refractivity contribution in [3.63, 3.8) is 0 Å². The molecule has 2 rings (SSSR count). The molecule has 92 valence electrons. The van der Waals surface area contributed by atoms with Gasteiger partial charge in [0.15, 0.2) is 11.5 Å². The number of rotatable bonds is 6. The average Bonchev–Trinajstić information content (AvgIpc) is 2.81. The molecule has 0 fully saturated rings. The van der Waals surface area contributed by atoms with Gasteiger partial charge in [-0.05, 0) is 29.0 Å². The van der Waals surface area contributed by atoms with Gasteiger partial charge in [0.2, 0.25) is 0 Å². The van der Waals surface area contributed by atoms with Gasteiger partial charge >= 0.3 is 0 Å². The molecular formula is C10H16N6O. The second kappa shape index (κ2) is 5.53. The molecule has 0 spiro atoms. The molecule has 0 bridgehead atoms. The summed E-state index contributed by atoms with van der Waals surface area (Å²) in [5.74, 6) is 0.785. The topological polar surface area (TPSA) is 79.4 Å². The maximum absolute atomic E-state index is 9.05. The molecule has 0 saturated heterocycles. The number of tetrazole rings is 1. The lowest BCUT2D eigenvalue weighted by Gasteiger charge is -2.21. The third-order valence-electron chi connectivity index (χ3n) is 2.53. The van der Waals surface area contributed by atoms with Crippen LogP contribution in [0.2, 0.25) is 0 Å². The normalized spacial score (nSPS) is 10.9. The van der Waals surface area contributed by atoms with Crippen LogP contribution in [0.5, 0.6) is 0 Å². The largest absolute Gasteiger partial charge is 0.395 e. The van der Waals surface area contributed by atoms with Crippen molar-refractivity contribution in [3.8, 4) is 0 Å². The predicted molar refractivity (Wildman–Crippen MR) is 62.8 cm³/mol. The summed E-state index contributed by atoms with van der Waals surface area (Å²) >= 11 is 0. The maximum atomic E-state index is 9.05. The van der Waals surface area contributed by atoms with Crippen LogP contribution in [0.4, 0.5) is 5.82 Å². The molecule has 0 radical (unpaired) electrons. The van der Waals surface area contributed by atoms with E-state index in [2.05, 4.69) is 27.5 Å². The van der Waals surface area contributed by atoms with Crippen molar-refractivity contribution >= 4 is 11.5 Å². The number of hydrogen-bond acceptors (Lipinski definition) is 6. The zero-order valence-electron chi connectivity index (χ0n) is 9.82. The highest BCUT2D eigenvalue weighted by molar-refractivity contribution is 5.44. The lowest BCUT2D eigenvalue weighted by molar-refractivity contribution is 0.301. The first-order valence-corrected chi connectivity index (χ1v) is 5.76. The maximum Gasteiger partial charge on any atom is 0.200 e. The molecule has 0 aliphatic carbocycles. The van der Waals surface area contributed by atoms with E-state index in [0.29, 0.717) is 12.2 Å². The van der Waals surface area contributed by atoms with Crippen LogP contribution in [-0.4, -0.2) is 50.1 Å². The van der Waals surface area contributed by atoms with Gasteiger partial charge in [0.05, 0.1) is 6.61 Å². The minimum Gasteiger partial charge on any atom is -0.395 e. The van der Waals surface area contributed by atoms with Crippen molar-refractivity contribution in [1.29, 1.82) is 0 Å². The molecule has 0 saturated carbocycles. The van der Waals surface area contributed by atoms with E-state index in [1.54, 1.807) is 0 Å². The third kappa shape index (κ3) is 2.68. The minimum absolute atomic E-state index is 0.110. The smallest absolute Gasteiger partial charge is 0.200 e. The molecule has 2 aromatic heterocycles. The summed E-state index contributed by atoms with van der Waals surface area (Å²) < 4.78 is 1.39. The Kier molecular flexibility index (Phi) is 3.81. The molecule has 0 aliphatic rings. The minimum atomic E-state index is 0.110. The van der Waals surface area contributed by atoms with E-state index in [9.17, 15) is 0 Å². The number of aromatic nitrogens is 5. The molecule has 17 heavy (non-hydrogen) atoms. The molecule has 0 unspecified atom stereocenters. The Morgan fingerprint density at radius 3 is 3.00 bits per heavy atom. The van der Waals surface area contributed by atoms with Gasteiger partial charge in [0.1, 0.15) is 0 Å². The van der Waals surface area contributed by atoms with Crippen molar-refractivity contribution in [2.75, 3.05) is 24.6 Å². The van der Waals surface area contributed by atoms with E-state index in [1.165, 1.54) is 4.63 Å². The number of fused-ring (bicyclic) bond motifs is 1. The first-order valence-electron chi connectivity index (χ1n) is 5.76. The number of unbranched alkanes of at least 4 members (excludes halogenated alkanes) is 1.